The van der Waals surface area contributed by atoms with Gasteiger partial charge in [0.25, 0.3) is 0 Å². The predicted molar refractivity (Wildman–Crippen MR) is 57.6 cm³/mol. The molecule has 1 saturated heterocycles. The molecule has 12 heavy (non-hydrogen) atoms. The van der Waals surface area contributed by atoms with Crippen LogP contribution >= 0.6 is 21.6 Å². The van der Waals surface area contributed by atoms with Crippen LogP contribution < -0.4 is 0 Å². The highest BCUT2D eigenvalue weighted by Crippen LogP contribution is 2.37. The second-order valence-electron chi connectivity index (χ2n) is 3.28. The Labute approximate surface area is 82.5 Å². The maximum Gasteiger partial charge on any atom is 0.129 e. The monoisotopic (exact) mass is 204 g/mol. The summed E-state index contributed by atoms with van der Waals surface area (Å²) in [6, 6.07) is 0. The first-order chi connectivity index (χ1) is 5.79. The van der Waals surface area contributed by atoms with Gasteiger partial charge in [0.05, 0.1) is 0 Å². The normalized spacial score (nSPS) is 23.9. The Hall–Kier alpha value is 0.370. The molecule has 0 amide bonds. The lowest BCUT2D eigenvalue weighted by Crippen LogP contribution is -2.06. The van der Waals surface area contributed by atoms with Crippen molar-refractivity contribution in [3.63, 3.8) is 0 Å². The van der Waals surface area contributed by atoms with Gasteiger partial charge < -0.3 is 4.79 Å². The second-order valence-corrected chi connectivity index (χ2v) is 6.06. The van der Waals surface area contributed by atoms with Crippen molar-refractivity contribution < 1.29 is 4.79 Å². The minimum absolute atomic E-state index is 0.337. The molecule has 0 aromatic heterocycles. The van der Waals surface area contributed by atoms with Crippen LogP contribution in [0.25, 0.3) is 0 Å². The Morgan fingerprint density at radius 1 is 1.58 bits per heavy atom. The van der Waals surface area contributed by atoms with E-state index in [2.05, 4.69) is 0 Å². The zero-order chi connectivity index (χ0) is 8.81. The molecule has 0 N–H and O–H groups in total. The SMILES string of the molecule is CC(=O)CCCC1CCCSS1. The minimum atomic E-state index is 0.337. The largest absolute Gasteiger partial charge is 0.300 e. The number of Topliss-reactive ketones (excluding diaryl/α,β-unsaturated/α-hetero) is 1. The molecule has 1 aliphatic rings. The van der Waals surface area contributed by atoms with Gasteiger partial charge in [-0.25, -0.2) is 0 Å². The van der Waals surface area contributed by atoms with Crippen LogP contribution in [0.15, 0.2) is 0 Å². The van der Waals surface area contributed by atoms with Crippen LogP contribution in [-0.2, 0) is 4.79 Å². The van der Waals surface area contributed by atoms with Crippen molar-refractivity contribution >= 4 is 27.4 Å². The third kappa shape index (κ3) is 4.41. The van der Waals surface area contributed by atoms with E-state index in [-0.39, 0.29) is 0 Å². The minimum Gasteiger partial charge on any atom is -0.300 e. The Bertz CT molecular complexity index is 141. The summed E-state index contributed by atoms with van der Waals surface area (Å²) >= 11 is 0. The van der Waals surface area contributed by atoms with E-state index in [1.165, 1.54) is 25.0 Å². The molecule has 1 fully saturated rings. The summed E-state index contributed by atoms with van der Waals surface area (Å²) in [5.74, 6) is 1.65. The van der Waals surface area contributed by atoms with Gasteiger partial charge in [-0.05, 0) is 32.6 Å². The maximum absolute atomic E-state index is 10.7. The standard InChI is InChI=1S/C9H16OS2/c1-8(10)4-2-5-9-6-3-7-11-12-9/h9H,2-7H2,1H3. The van der Waals surface area contributed by atoms with E-state index < -0.39 is 0 Å². The van der Waals surface area contributed by atoms with Gasteiger partial charge in [-0.2, -0.15) is 0 Å². The van der Waals surface area contributed by atoms with Gasteiger partial charge in [0.1, 0.15) is 5.78 Å². The third-order valence-corrected chi connectivity index (χ3v) is 5.07. The lowest BCUT2D eigenvalue weighted by atomic mass is 10.1. The Morgan fingerprint density at radius 2 is 2.42 bits per heavy atom. The molecule has 1 aliphatic heterocycles. The van der Waals surface area contributed by atoms with E-state index in [1.54, 1.807) is 6.92 Å². The van der Waals surface area contributed by atoms with Gasteiger partial charge in [0.15, 0.2) is 0 Å². The molecule has 3 heteroatoms. The summed E-state index contributed by atoms with van der Waals surface area (Å²) < 4.78 is 0. The molecule has 1 unspecified atom stereocenters. The predicted octanol–water partition coefficient (Wildman–Crippen LogP) is 3.29. The van der Waals surface area contributed by atoms with E-state index in [9.17, 15) is 4.79 Å². The highest BCUT2D eigenvalue weighted by atomic mass is 33.1. The van der Waals surface area contributed by atoms with Crippen molar-refractivity contribution in [3.8, 4) is 0 Å². The molecule has 0 aliphatic carbocycles. The highest BCUT2D eigenvalue weighted by Gasteiger charge is 2.13. The van der Waals surface area contributed by atoms with Gasteiger partial charge in [-0.3, -0.25) is 0 Å². The topological polar surface area (TPSA) is 17.1 Å². The molecule has 1 rings (SSSR count). The van der Waals surface area contributed by atoms with Gasteiger partial charge in [-0.1, -0.05) is 21.6 Å². The van der Waals surface area contributed by atoms with Crippen molar-refractivity contribution in [2.75, 3.05) is 5.75 Å². The van der Waals surface area contributed by atoms with E-state index in [0.29, 0.717) is 5.78 Å². The smallest absolute Gasteiger partial charge is 0.129 e. The first kappa shape index (κ1) is 10.5. The molecule has 0 aromatic carbocycles. The van der Waals surface area contributed by atoms with Gasteiger partial charge >= 0.3 is 0 Å². The van der Waals surface area contributed by atoms with Crippen molar-refractivity contribution in [3.05, 3.63) is 0 Å². The molecule has 0 radical (unpaired) electrons. The average molecular weight is 204 g/mol. The van der Waals surface area contributed by atoms with Crippen LogP contribution in [-0.4, -0.2) is 16.8 Å². The first-order valence-corrected chi connectivity index (χ1v) is 6.95. The molecule has 0 bridgehead atoms. The van der Waals surface area contributed by atoms with E-state index in [4.69, 9.17) is 0 Å². The molecular formula is C9H16OS2. The molecular weight excluding hydrogens is 188 g/mol. The Balaban J connectivity index is 2.01. The number of rotatable bonds is 4. The average Bonchev–Trinajstić information content (AvgIpc) is 2.05. The van der Waals surface area contributed by atoms with Crippen LogP contribution in [0.3, 0.4) is 0 Å². The van der Waals surface area contributed by atoms with Gasteiger partial charge in [0.2, 0.25) is 0 Å². The first-order valence-electron chi connectivity index (χ1n) is 4.57. The summed E-state index contributed by atoms with van der Waals surface area (Å²) in [5, 5.41) is 0.822. The fraction of sp³-hybridized carbons (Fsp3) is 0.889. The number of carbonyl (C=O) groups is 1. The van der Waals surface area contributed by atoms with Crippen LogP contribution in [0.4, 0.5) is 0 Å². The number of hydrogen-bond acceptors (Lipinski definition) is 3. The summed E-state index contributed by atoms with van der Waals surface area (Å²) in [5.41, 5.74) is 0. The van der Waals surface area contributed by atoms with Gasteiger partial charge in [0, 0.05) is 17.4 Å². The zero-order valence-electron chi connectivity index (χ0n) is 7.54. The number of ketones is 1. The fourth-order valence-electron chi connectivity index (χ4n) is 1.33. The molecule has 0 saturated carbocycles. The molecule has 0 spiro atoms. The number of hydrogen-bond donors (Lipinski definition) is 0. The molecule has 0 aromatic rings. The molecule has 1 heterocycles. The van der Waals surface area contributed by atoms with Crippen molar-refractivity contribution in [1.29, 1.82) is 0 Å². The summed E-state index contributed by atoms with van der Waals surface area (Å²) in [4.78, 5) is 10.7. The van der Waals surface area contributed by atoms with Crippen LogP contribution in [0.1, 0.15) is 39.0 Å². The molecule has 1 nitrogen and oxygen atoms in total. The Morgan fingerprint density at radius 3 is 3.00 bits per heavy atom. The quantitative estimate of drug-likeness (QED) is 0.654. The number of carbonyl (C=O) groups excluding carboxylic acids is 1. The summed E-state index contributed by atoms with van der Waals surface area (Å²) in [7, 11) is 4.01. The maximum atomic E-state index is 10.7. The summed E-state index contributed by atoms with van der Waals surface area (Å²) in [6.45, 7) is 1.68. The second kappa shape index (κ2) is 5.92. The Kier molecular flexibility index (Phi) is 5.16. The van der Waals surface area contributed by atoms with Gasteiger partial charge in [-0.15, -0.1) is 0 Å². The fourth-order valence-corrected chi connectivity index (χ4v) is 4.23. The molecule has 1 atom stereocenters. The lowest BCUT2D eigenvalue weighted by molar-refractivity contribution is -0.117. The van der Waals surface area contributed by atoms with E-state index in [1.807, 2.05) is 21.6 Å². The van der Waals surface area contributed by atoms with Crippen LogP contribution in [0, 0.1) is 0 Å². The van der Waals surface area contributed by atoms with E-state index >= 15 is 0 Å². The van der Waals surface area contributed by atoms with Crippen molar-refractivity contribution in [2.45, 2.75) is 44.3 Å². The summed E-state index contributed by atoms with van der Waals surface area (Å²) in [6.07, 6.45) is 5.82. The zero-order valence-corrected chi connectivity index (χ0v) is 9.18. The van der Waals surface area contributed by atoms with Crippen LogP contribution in [0.2, 0.25) is 0 Å². The highest BCUT2D eigenvalue weighted by molar-refractivity contribution is 8.77. The molecule has 70 valence electrons. The third-order valence-electron chi connectivity index (χ3n) is 2.01. The van der Waals surface area contributed by atoms with Crippen LogP contribution in [0.5, 0.6) is 0 Å². The van der Waals surface area contributed by atoms with E-state index in [0.717, 1.165) is 18.1 Å². The van der Waals surface area contributed by atoms with Crippen molar-refractivity contribution in [2.24, 2.45) is 0 Å². The lowest BCUT2D eigenvalue weighted by Gasteiger charge is -2.19. The van der Waals surface area contributed by atoms with Crippen molar-refractivity contribution in [1.82, 2.24) is 0 Å².